The molecule has 3 heterocycles. The summed E-state index contributed by atoms with van der Waals surface area (Å²) in [7, 11) is 0. The average Bonchev–Trinajstić information content (AvgIpc) is 2.83. The fraction of sp³-hybridized carbons (Fsp3) is 0.615. The highest BCUT2D eigenvalue weighted by Gasteiger charge is 2.22. The van der Waals surface area contributed by atoms with Crippen LogP contribution in [0.4, 0.5) is 0 Å². The van der Waals surface area contributed by atoms with Crippen LogP contribution in [0.15, 0.2) is 18.3 Å². The van der Waals surface area contributed by atoms with Crippen molar-refractivity contribution in [3.05, 3.63) is 18.3 Å². The van der Waals surface area contributed by atoms with Gasteiger partial charge < -0.3 is 0 Å². The molecule has 1 saturated heterocycles. The Morgan fingerprint density at radius 3 is 3.22 bits per heavy atom. The minimum atomic E-state index is 0.579. The van der Waals surface area contributed by atoms with Crippen molar-refractivity contribution in [3.63, 3.8) is 0 Å². The zero-order chi connectivity index (χ0) is 12.4. The molecular weight excluding hydrogens is 226 g/mol. The molecule has 1 fully saturated rings. The predicted octanol–water partition coefficient (Wildman–Crippen LogP) is 1.70. The number of likely N-dealkylation sites (tertiary alicyclic amines) is 1. The normalized spacial score (nSPS) is 21.5. The Morgan fingerprint density at radius 1 is 1.39 bits per heavy atom. The van der Waals surface area contributed by atoms with Crippen LogP contribution in [0.25, 0.3) is 11.2 Å². The highest BCUT2D eigenvalue weighted by molar-refractivity contribution is 5.68. The molecule has 0 N–H and O–H groups in total. The summed E-state index contributed by atoms with van der Waals surface area (Å²) in [6, 6.07) is 4.44. The van der Waals surface area contributed by atoms with E-state index in [0.717, 1.165) is 24.3 Å². The van der Waals surface area contributed by atoms with Crippen molar-refractivity contribution < 1.29 is 0 Å². The number of hydrogen-bond acceptors (Lipinski definition) is 4. The van der Waals surface area contributed by atoms with Crippen molar-refractivity contribution in [1.82, 2.24) is 24.9 Å². The molecule has 0 amide bonds. The molecule has 5 nitrogen and oxygen atoms in total. The standard InChI is InChI=1S/C13H19N5/c1-2-17-9-4-3-6-11(17)10-18-13-12(15-16-18)7-5-8-14-13/h5,7-8,11H,2-4,6,9-10H2,1H3. The van der Waals surface area contributed by atoms with E-state index in [9.17, 15) is 0 Å². The zero-order valence-electron chi connectivity index (χ0n) is 10.8. The van der Waals surface area contributed by atoms with Gasteiger partial charge in [-0.3, -0.25) is 4.90 Å². The van der Waals surface area contributed by atoms with Crippen LogP contribution in [0.5, 0.6) is 0 Å². The third-order valence-corrected chi connectivity index (χ3v) is 3.81. The van der Waals surface area contributed by atoms with Gasteiger partial charge in [0, 0.05) is 12.2 Å². The van der Waals surface area contributed by atoms with E-state index >= 15 is 0 Å². The van der Waals surface area contributed by atoms with E-state index in [1.807, 2.05) is 16.8 Å². The fourth-order valence-corrected chi connectivity index (χ4v) is 2.82. The molecule has 5 heteroatoms. The highest BCUT2D eigenvalue weighted by Crippen LogP contribution is 2.19. The first-order valence-corrected chi connectivity index (χ1v) is 6.76. The molecule has 1 atom stereocenters. The summed E-state index contributed by atoms with van der Waals surface area (Å²) in [6.45, 7) is 5.46. The smallest absolute Gasteiger partial charge is 0.178 e. The van der Waals surface area contributed by atoms with Crippen LogP contribution >= 0.6 is 0 Å². The number of piperidine rings is 1. The molecule has 2 aromatic heterocycles. The number of pyridine rings is 1. The quantitative estimate of drug-likeness (QED) is 0.825. The van der Waals surface area contributed by atoms with Crippen LogP contribution in [-0.2, 0) is 6.54 Å². The van der Waals surface area contributed by atoms with Crippen molar-refractivity contribution in [2.45, 2.75) is 38.8 Å². The molecule has 0 bridgehead atoms. The molecule has 1 unspecified atom stereocenters. The van der Waals surface area contributed by atoms with E-state index in [4.69, 9.17) is 0 Å². The second-order valence-electron chi connectivity index (χ2n) is 4.90. The lowest BCUT2D eigenvalue weighted by molar-refractivity contribution is 0.137. The van der Waals surface area contributed by atoms with Crippen LogP contribution in [0.2, 0.25) is 0 Å². The Kier molecular flexibility index (Phi) is 3.23. The Bertz CT molecular complexity index is 521. The zero-order valence-corrected chi connectivity index (χ0v) is 10.8. The highest BCUT2D eigenvalue weighted by atomic mass is 15.4. The number of rotatable bonds is 3. The van der Waals surface area contributed by atoms with Crippen LogP contribution in [-0.4, -0.2) is 44.0 Å². The second kappa shape index (κ2) is 5.02. The van der Waals surface area contributed by atoms with Gasteiger partial charge in [-0.05, 0) is 38.1 Å². The molecule has 1 aliphatic heterocycles. The van der Waals surface area contributed by atoms with Gasteiger partial charge in [-0.2, -0.15) is 0 Å². The van der Waals surface area contributed by atoms with Gasteiger partial charge in [-0.1, -0.05) is 18.6 Å². The van der Waals surface area contributed by atoms with E-state index < -0.39 is 0 Å². The van der Waals surface area contributed by atoms with Gasteiger partial charge >= 0.3 is 0 Å². The first kappa shape index (κ1) is 11.6. The molecule has 0 saturated carbocycles. The van der Waals surface area contributed by atoms with Crippen molar-refractivity contribution in [1.29, 1.82) is 0 Å². The average molecular weight is 245 g/mol. The maximum absolute atomic E-state index is 4.38. The van der Waals surface area contributed by atoms with E-state index in [2.05, 4.69) is 27.1 Å². The van der Waals surface area contributed by atoms with E-state index in [1.54, 1.807) is 6.20 Å². The van der Waals surface area contributed by atoms with Crippen molar-refractivity contribution in [3.8, 4) is 0 Å². The molecule has 2 aromatic rings. The molecule has 18 heavy (non-hydrogen) atoms. The minimum absolute atomic E-state index is 0.579. The topological polar surface area (TPSA) is 46.8 Å². The molecule has 3 rings (SSSR count). The summed E-state index contributed by atoms with van der Waals surface area (Å²) < 4.78 is 1.95. The summed E-state index contributed by atoms with van der Waals surface area (Å²) in [6.07, 6.45) is 5.70. The van der Waals surface area contributed by atoms with Crippen LogP contribution in [0, 0.1) is 0 Å². The monoisotopic (exact) mass is 245 g/mol. The first-order valence-electron chi connectivity index (χ1n) is 6.76. The Morgan fingerprint density at radius 2 is 2.33 bits per heavy atom. The molecule has 1 aliphatic rings. The summed E-state index contributed by atoms with van der Waals surface area (Å²) in [5.74, 6) is 0. The van der Waals surface area contributed by atoms with Crippen LogP contribution in [0.3, 0.4) is 0 Å². The van der Waals surface area contributed by atoms with Crippen molar-refractivity contribution in [2.75, 3.05) is 13.1 Å². The van der Waals surface area contributed by atoms with Gasteiger partial charge in [0.2, 0.25) is 0 Å². The Hall–Kier alpha value is -1.49. The van der Waals surface area contributed by atoms with Gasteiger partial charge in [0.25, 0.3) is 0 Å². The van der Waals surface area contributed by atoms with E-state index in [-0.39, 0.29) is 0 Å². The van der Waals surface area contributed by atoms with E-state index in [1.165, 1.54) is 25.8 Å². The predicted molar refractivity (Wildman–Crippen MR) is 70.2 cm³/mol. The lowest BCUT2D eigenvalue weighted by atomic mass is 10.0. The summed E-state index contributed by atoms with van der Waals surface area (Å²) >= 11 is 0. The number of likely N-dealkylation sites (N-methyl/N-ethyl adjacent to an activating group) is 1. The maximum atomic E-state index is 4.38. The molecule has 96 valence electrons. The molecule has 0 aromatic carbocycles. The molecular formula is C13H19N5. The lowest BCUT2D eigenvalue weighted by Gasteiger charge is -2.34. The Balaban J connectivity index is 1.82. The van der Waals surface area contributed by atoms with Crippen LogP contribution < -0.4 is 0 Å². The van der Waals surface area contributed by atoms with Gasteiger partial charge in [-0.25, -0.2) is 9.67 Å². The van der Waals surface area contributed by atoms with Crippen molar-refractivity contribution in [2.24, 2.45) is 0 Å². The van der Waals surface area contributed by atoms with Gasteiger partial charge in [0.05, 0.1) is 6.54 Å². The molecule has 0 aliphatic carbocycles. The fourth-order valence-electron chi connectivity index (χ4n) is 2.82. The number of fused-ring (bicyclic) bond motifs is 1. The molecule has 0 radical (unpaired) electrons. The second-order valence-corrected chi connectivity index (χ2v) is 4.90. The molecule has 0 spiro atoms. The van der Waals surface area contributed by atoms with Crippen molar-refractivity contribution >= 4 is 11.2 Å². The van der Waals surface area contributed by atoms with Gasteiger partial charge in [0.1, 0.15) is 5.52 Å². The maximum Gasteiger partial charge on any atom is 0.178 e. The lowest BCUT2D eigenvalue weighted by Crippen LogP contribution is -2.42. The van der Waals surface area contributed by atoms with Gasteiger partial charge in [-0.15, -0.1) is 5.10 Å². The Labute approximate surface area is 107 Å². The third kappa shape index (κ3) is 2.10. The van der Waals surface area contributed by atoms with Gasteiger partial charge in [0.15, 0.2) is 5.65 Å². The summed E-state index contributed by atoms with van der Waals surface area (Å²) in [5, 5.41) is 8.40. The van der Waals surface area contributed by atoms with E-state index in [0.29, 0.717) is 6.04 Å². The van der Waals surface area contributed by atoms with Crippen LogP contribution in [0.1, 0.15) is 26.2 Å². The summed E-state index contributed by atoms with van der Waals surface area (Å²) in [5.41, 5.74) is 1.79. The first-order chi connectivity index (χ1) is 8.88. The number of aromatic nitrogens is 4. The minimum Gasteiger partial charge on any atom is -0.299 e. The number of hydrogen-bond donors (Lipinski definition) is 0. The third-order valence-electron chi connectivity index (χ3n) is 3.81. The largest absolute Gasteiger partial charge is 0.299 e. The number of nitrogens with zero attached hydrogens (tertiary/aromatic N) is 5. The SMILES string of the molecule is CCN1CCCCC1Cn1nnc2cccnc21. The summed E-state index contributed by atoms with van der Waals surface area (Å²) in [4.78, 5) is 6.92.